The molecule has 1 atom stereocenters. The molecule has 3 nitrogen and oxygen atoms in total. The molecule has 0 aliphatic heterocycles. The molecule has 0 spiro atoms. The van der Waals surface area contributed by atoms with E-state index in [0.717, 1.165) is 6.92 Å². The van der Waals surface area contributed by atoms with E-state index in [0.29, 0.717) is 0 Å². The normalized spacial score (nSPS) is 12.6. The van der Waals surface area contributed by atoms with E-state index < -0.39 is 44.0 Å². The summed E-state index contributed by atoms with van der Waals surface area (Å²) in [7, 11) is 0. The van der Waals surface area contributed by atoms with Crippen LogP contribution < -0.4 is 0 Å². The van der Waals surface area contributed by atoms with Gasteiger partial charge in [0.15, 0.2) is 17.5 Å². The van der Waals surface area contributed by atoms with Gasteiger partial charge in [-0.05, 0) is 0 Å². The molecule has 0 aliphatic rings. The van der Waals surface area contributed by atoms with Crippen molar-refractivity contribution < 1.29 is 18.1 Å². The van der Waals surface area contributed by atoms with Gasteiger partial charge in [-0.3, -0.25) is 10.1 Å². The Hall–Kier alpha value is -1.01. The van der Waals surface area contributed by atoms with Crippen LogP contribution in [0, 0.1) is 27.6 Å². The highest BCUT2D eigenvalue weighted by molar-refractivity contribution is 6.42. The lowest BCUT2D eigenvalue weighted by Crippen LogP contribution is -2.11. The zero-order valence-corrected chi connectivity index (χ0v) is 9.24. The molecule has 1 rings (SSSR count). The maximum atomic E-state index is 13.3. The Morgan fingerprint density at radius 1 is 1.12 bits per heavy atom. The lowest BCUT2D eigenvalue weighted by molar-refractivity contribution is -0.524. The Morgan fingerprint density at radius 3 is 2.06 bits per heavy atom. The summed E-state index contributed by atoms with van der Waals surface area (Å²) in [4.78, 5) is 9.54. The van der Waals surface area contributed by atoms with E-state index >= 15 is 0 Å². The monoisotopic (exact) mass is 273 g/mol. The van der Waals surface area contributed by atoms with E-state index in [1.807, 2.05) is 0 Å². The molecular weight excluding hydrogens is 270 g/mol. The second-order valence-electron chi connectivity index (χ2n) is 2.94. The molecule has 1 aromatic carbocycles. The summed E-state index contributed by atoms with van der Waals surface area (Å²) in [6, 6.07) is -1.62. The first-order valence-electron chi connectivity index (χ1n) is 3.93. The minimum Gasteiger partial charge on any atom is -0.264 e. The molecule has 0 heterocycles. The molecule has 0 saturated heterocycles. The lowest BCUT2D eigenvalue weighted by Gasteiger charge is -2.10. The minimum absolute atomic E-state index is 0.692. The molecule has 0 bridgehead atoms. The van der Waals surface area contributed by atoms with E-state index in [1.165, 1.54) is 0 Å². The van der Waals surface area contributed by atoms with Crippen LogP contribution in [0.25, 0.3) is 0 Å². The van der Waals surface area contributed by atoms with E-state index in [2.05, 4.69) is 0 Å². The summed E-state index contributed by atoms with van der Waals surface area (Å²) in [6.45, 7) is 0.984. The molecule has 0 saturated carbocycles. The second-order valence-corrected chi connectivity index (χ2v) is 3.70. The predicted octanol–water partition coefficient (Wildman–Crippen LogP) is 3.75. The highest BCUT2D eigenvalue weighted by atomic mass is 35.5. The van der Waals surface area contributed by atoms with Crippen LogP contribution in [0.5, 0.6) is 0 Å². The first-order valence-corrected chi connectivity index (χ1v) is 4.69. The quantitative estimate of drug-likeness (QED) is 0.357. The van der Waals surface area contributed by atoms with E-state index in [9.17, 15) is 23.3 Å². The number of benzene rings is 1. The van der Waals surface area contributed by atoms with Gasteiger partial charge in [-0.15, -0.1) is 0 Å². The third-order valence-electron chi connectivity index (χ3n) is 1.98. The Labute approximate surface area is 97.9 Å². The van der Waals surface area contributed by atoms with Crippen LogP contribution in [0.4, 0.5) is 13.2 Å². The van der Waals surface area contributed by atoms with Crippen LogP contribution in [-0.2, 0) is 0 Å². The van der Waals surface area contributed by atoms with Gasteiger partial charge in [-0.25, -0.2) is 13.2 Å². The second kappa shape index (κ2) is 4.47. The Balaban J connectivity index is 3.57. The standard InChI is InChI=1S/C8H4Cl2F3NO2/c1-2(14(15)16)3-4(9)5(10)7(12)8(13)6(3)11/h2H,1H3. The molecule has 1 aromatic rings. The van der Waals surface area contributed by atoms with Gasteiger partial charge >= 0.3 is 0 Å². The van der Waals surface area contributed by atoms with Crippen molar-refractivity contribution in [1.82, 2.24) is 0 Å². The van der Waals surface area contributed by atoms with Crippen LogP contribution in [-0.4, -0.2) is 4.92 Å². The molecule has 1 unspecified atom stereocenters. The Morgan fingerprint density at radius 2 is 1.62 bits per heavy atom. The van der Waals surface area contributed by atoms with Gasteiger partial charge in [0.1, 0.15) is 0 Å². The molecule has 8 heteroatoms. The minimum atomic E-state index is -1.88. The van der Waals surface area contributed by atoms with Crippen molar-refractivity contribution in [3.63, 3.8) is 0 Å². The number of rotatable bonds is 2. The van der Waals surface area contributed by atoms with Crippen molar-refractivity contribution in [2.45, 2.75) is 13.0 Å². The van der Waals surface area contributed by atoms with Gasteiger partial charge in [0, 0.05) is 11.8 Å². The summed E-state index contributed by atoms with van der Waals surface area (Å²) in [5.74, 6) is -5.24. The van der Waals surface area contributed by atoms with Crippen molar-refractivity contribution in [3.05, 3.63) is 43.2 Å². The summed E-state index contributed by atoms with van der Waals surface area (Å²) in [6.07, 6.45) is 0. The Kier molecular flexibility index (Phi) is 3.64. The number of nitrogens with zero attached hydrogens (tertiary/aromatic N) is 1. The highest BCUT2D eigenvalue weighted by Crippen LogP contribution is 2.37. The Bertz CT molecular complexity index is 438. The molecule has 0 aromatic heterocycles. The maximum Gasteiger partial charge on any atom is 0.239 e. The number of hydrogen-bond donors (Lipinski definition) is 0. The smallest absolute Gasteiger partial charge is 0.239 e. The lowest BCUT2D eigenvalue weighted by atomic mass is 10.1. The number of hydrogen-bond acceptors (Lipinski definition) is 2. The van der Waals surface area contributed by atoms with Crippen LogP contribution in [0.3, 0.4) is 0 Å². The van der Waals surface area contributed by atoms with Crippen LogP contribution in [0.15, 0.2) is 0 Å². The van der Waals surface area contributed by atoms with Gasteiger partial charge in [0.2, 0.25) is 6.04 Å². The maximum absolute atomic E-state index is 13.3. The fourth-order valence-corrected chi connectivity index (χ4v) is 1.60. The van der Waals surface area contributed by atoms with Gasteiger partial charge < -0.3 is 0 Å². The van der Waals surface area contributed by atoms with Crippen molar-refractivity contribution in [2.75, 3.05) is 0 Å². The largest absolute Gasteiger partial charge is 0.264 e. The zero-order valence-electron chi connectivity index (χ0n) is 7.73. The van der Waals surface area contributed by atoms with Crippen molar-refractivity contribution >= 4 is 23.2 Å². The summed E-state index contributed by atoms with van der Waals surface area (Å²) < 4.78 is 39.1. The fraction of sp³-hybridized carbons (Fsp3) is 0.250. The van der Waals surface area contributed by atoms with E-state index in [1.54, 1.807) is 0 Å². The molecule has 0 radical (unpaired) electrons. The molecule has 0 fully saturated rings. The average Bonchev–Trinajstić information content (AvgIpc) is 2.23. The molecule has 88 valence electrons. The van der Waals surface area contributed by atoms with Gasteiger partial charge in [0.25, 0.3) is 0 Å². The summed E-state index contributed by atoms with van der Waals surface area (Å²) in [5.41, 5.74) is -0.768. The zero-order chi connectivity index (χ0) is 12.6. The van der Waals surface area contributed by atoms with Crippen molar-refractivity contribution in [3.8, 4) is 0 Å². The SMILES string of the molecule is CC(c1c(F)c(F)c(F)c(Cl)c1Cl)[N+](=O)[O-]. The highest BCUT2D eigenvalue weighted by Gasteiger charge is 2.31. The topological polar surface area (TPSA) is 43.1 Å². The molecule has 0 amide bonds. The third kappa shape index (κ3) is 1.94. The number of nitro groups is 1. The van der Waals surface area contributed by atoms with E-state index in [4.69, 9.17) is 23.2 Å². The fourth-order valence-electron chi connectivity index (χ4n) is 1.09. The van der Waals surface area contributed by atoms with Crippen LogP contribution >= 0.6 is 23.2 Å². The molecule has 0 N–H and O–H groups in total. The first-order chi connectivity index (χ1) is 7.29. The molecule has 0 aliphatic carbocycles. The van der Waals surface area contributed by atoms with Crippen molar-refractivity contribution in [1.29, 1.82) is 0 Å². The van der Waals surface area contributed by atoms with Crippen LogP contribution in [0.2, 0.25) is 10.0 Å². The summed E-state index contributed by atoms with van der Waals surface area (Å²) >= 11 is 10.7. The average molecular weight is 274 g/mol. The van der Waals surface area contributed by atoms with Gasteiger partial charge in [0.05, 0.1) is 15.6 Å². The summed E-state index contributed by atoms with van der Waals surface area (Å²) in [5, 5.41) is 8.87. The predicted molar refractivity (Wildman–Crippen MR) is 51.7 cm³/mol. The van der Waals surface area contributed by atoms with Crippen molar-refractivity contribution in [2.24, 2.45) is 0 Å². The van der Waals surface area contributed by atoms with E-state index in [-0.39, 0.29) is 0 Å². The number of halogens is 5. The third-order valence-corrected chi connectivity index (χ3v) is 2.82. The van der Waals surface area contributed by atoms with Gasteiger partial charge in [-0.1, -0.05) is 23.2 Å². The van der Waals surface area contributed by atoms with Crippen LogP contribution in [0.1, 0.15) is 18.5 Å². The first kappa shape index (κ1) is 13.1. The van der Waals surface area contributed by atoms with Gasteiger partial charge in [-0.2, -0.15) is 0 Å². The molecule has 16 heavy (non-hydrogen) atoms. The molecular formula is C8H4Cl2F3NO2.